The largest absolute Gasteiger partial charge is 0.347 e. The van der Waals surface area contributed by atoms with Crippen LogP contribution >= 0.6 is 11.8 Å². The summed E-state index contributed by atoms with van der Waals surface area (Å²) in [5.41, 5.74) is 5.96. The quantitative estimate of drug-likeness (QED) is 0.793. The van der Waals surface area contributed by atoms with Crippen molar-refractivity contribution < 1.29 is 9.59 Å². The van der Waals surface area contributed by atoms with Crippen molar-refractivity contribution in [3.05, 3.63) is 24.0 Å². The molecule has 0 aliphatic heterocycles. The molecule has 18 heavy (non-hydrogen) atoms. The van der Waals surface area contributed by atoms with Crippen LogP contribution in [0, 0.1) is 5.92 Å². The third kappa shape index (κ3) is 4.54. The van der Waals surface area contributed by atoms with Crippen LogP contribution in [-0.4, -0.2) is 34.4 Å². The van der Waals surface area contributed by atoms with E-state index in [4.69, 9.17) is 5.73 Å². The van der Waals surface area contributed by atoms with Gasteiger partial charge in [0.05, 0.1) is 5.75 Å². The molecule has 1 aromatic rings. The van der Waals surface area contributed by atoms with E-state index in [0.717, 1.165) is 5.75 Å². The Morgan fingerprint density at radius 1 is 1.56 bits per heavy atom. The van der Waals surface area contributed by atoms with Crippen molar-refractivity contribution >= 4 is 23.6 Å². The average molecular weight is 269 g/mol. The third-order valence-corrected chi connectivity index (χ3v) is 3.74. The number of hydrogen-bond donors (Lipinski definition) is 2. The van der Waals surface area contributed by atoms with Gasteiger partial charge in [0.25, 0.3) is 5.91 Å². The van der Waals surface area contributed by atoms with Crippen molar-refractivity contribution in [2.45, 2.75) is 6.92 Å². The number of imide groups is 1. The normalized spacial score (nSPS) is 12.2. The van der Waals surface area contributed by atoms with E-state index in [1.807, 2.05) is 6.92 Å². The van der Waals surface area contributed by atoms with Crippen LogP contribution in [0.15, 0.2) is 18.3 Å². The number of carbonyl (C=O) groups excluding carboxylic acids is 2. The van der Waals surface area contributed by atoms with E-state index in [2.05, 4.69) is 5.32 Å². The maximum Gasteiger partial charge on any atom is 0.274 e. The van der Waals surface area contributed by atoms with Crippen LogP contribution in [0.4, 0.5) is 0 Å². The van der Waals surface area contributed by atoms with E-state index < -0.39 is 0 Å². The van der Waals surface area contributed by atoms with Crippen molar-refractivity contribution in [1.82, 2.24) is 9.88 Å². The van der Waals surface area contributed by atoms with Gasteiger partial charge in [0.15, 0.2) is 0 Å². The molecule has 1 atom stereocenters. The summed E-state index contributed by atoms with van der Waals surface area (Å²) >= 11 is 1.49. The maximum absolute atomic E-state index is 11.7. The molecular formula is C12H19N3O2S. The van der Waals surface area contributed by atoms with Gasteiger partial charge in [-0.3, -0.25) is 14.9 Å². The van der Waals surface area contributed by atoms with Crippen LogP contribution in [0.5, 0.6) is 0 Å². The Kier molecular flexibility index (Phi) is 5.94. The molecule has 2 amide bonds. The van der Waals surface area contributed by atoms with Gasteiger partial charge in [-0.2, -0.15) is 11.8 Å². The summed E-state index contributed by atoms with van der Waals surface area (Å²) in [6, 6.07) is 3.43. The molecule has 0 saturated heterocycles. The van der Waals surface area contributed by atoms with Crippen molar-refractivity contribution in [2.24, 2.45) is 18.7 Å². The summed E-state index contributed by atoms with van der Waals surface area (Å²) in [7, 11) is 1.76. The van der Waals surface area contributed by atoms with Crippen LogP contribution in [0.25, 0.3) is 0 Å². The molecule has 6 heteroatoms. The zero-order valence-corrected chi connectivity index (χ0v) is 11.5. The molecule has 0 radical (unpaired) electrons. The predicted octanol–water partition coefficient (Wildman–Crippen LogP) is 0.609. The Bertz CT molecular complexity index is 417. The lowest BCUT2D eigenvalue weighted by Gasteiger charge is -2.08. The summed E-state index contributed by atoms with van der Waals surface area (Å²) in [5, 5.41) is 2.36. The minimum absolute atomic E-state index is 0.268. The lowest BCUT2D eigenvalue weighted by atomic mass is 10.2. The second-order valence-corrected chi connectivity index (χ2v) is 5.27. The highest BCUT2D eigenvalue weighted by molar-refractivity contribution is 7.99. The molecule has 0 spiro atoms. The van der Waals surface area contributed by atoms with Crippen molar-refractivity contribution in [3.8, 4) is 0 Å². The number of amides is 2. The van der Waals surface area contributed by atoms with Gasteiger partial charge in [-0.25, -0.2) is 0 Å². The molecule has 1 rings (SSSR count). The van der Waals surface area contributed by atoms with Crippen LogP contribution in [0.3, 0.4) is 0 Å². The molecule has 100 valence electrons. The SMILES string of the molecule is CC(CN)CSCC(=O)NC(=O)c1cccn1C. The smallest absolute Gasteiger partial charge is 0.274 e. The molecule has 3 N–H and O–H groups in total. The molecule has 1 aromatic heterocycles. The fraction of sp³-hybridized carbons (Fsp3) is 0.500. The minimum atomic E-state index is -0.361. The fourth-order valence-electron chi connectivity index (χ4n) is 1.34. The highest BCUT2D eigenvalue weighted by Crippen LogP contribution is 2.06. The maximum atomic E-state index is 11.7. The molecule has 0 fully saturated rings. The van der Waals surface area contributed by atoms with Crippen LogP contribution in [0.2, 0.25) is 0 Å². The highest BCUT2D eigenvalue weighted by atomic mass is 32.2. The Morgan fingerprint density at radius 3 is 2.83 bits per heavy atom. The van der Waals surface area contributed by atoms with Crippen molar-refractivity contribution in [2.75, 3.05) is 18.1 Å². The molecule has 1 heterocycles. The topological polar surface area (TPSA) is 77.1 Å². The van der Waals surface area contributed by atoms with Crippen LogP contribution < -0.4 is 11.1 Å². The van der Waals surface area contributed by atoms with E-state index in [1.165, 1.54) is 11.8 Å². The van der Waals surface area contributed by atoms with Gasteiger partial charge in [0, 0.05) is 13.2 Å². The lowest BCUT2D eigenvalue weighted by molar-refractivity contribution is -0.117. The monoisotopic (exact) mass is 269 g/mol. The number of nitrogens with zero attached hydrogens (tertiary/aromatic N) is 1. The Morgan fingerprint density at radius 2 is 2.28 bits per heavy atom. The summed E-state index contributed by atoms with van der Waals surface area (Å²) < 4.78 is 1.67. The summed E-state index contributed by atoms with van der Waals surface area (Å²) in [6.45, 7) is 2.64. The Labute approximate surface area is 111 Å². The van der Waals surface area contributed by atoms with Crippen LogP contribution in [0.1, 0.15) is 17.4 Å². The fourth-order valence-corrected chi connectivity index (χ4v) is 2.26. The number of hydrogen-bond acceptors (Lipinski definition) is 4. The first-order valence-electron chi connectivity index (χ1n) is 5.78. The second-order valence-electron chi connectivity index (χ2n) is 4.24. The molecule has 1 unspecified atom stereocenters. The number of carbonyl (C=O) groups is 2. The van der Waals surface area contributed by atoms with E-state index in [1.54, 1.807) is 29.9 Å². The molecule has 0 aliphatic carbocycles. The van der Waals surface area contributed by atoms with Crippen LogP contribution in [-0.2, 0) is 11.8 Å². The molecule has 0 saturated carbocycles. The van der Waals surface area contributed by atoms with Gasteiger partial charge in [0.1, 0.15) is 5.69 Å². The first-order chi connectivity index (χ1) is 8.54. The number of aryl methyl sites for hydroxylation is 1. The van der Waals surface area contributed by atoms with E-state index in [0.29, 0.717) is 18.2 Å². The van der Waals surface area contributed by atoms with Gasteiger partial charge in [-0.15, -0.1) is 0 Å². The second kappa shape index (κ2) is 7.23. The average Bonchev–Trinajstić information content (AvgIpc) is 2.75. The summed E-state index contributed by atoms with van der Waals surface area (Å²) in [6.07, 6.45) is 1.76. The standard InChI is InChI=1S/C12H19N3O2S/c1-9(6-13)7-18-8-11(16)14-12(17)10-4-3-5-15(10)2/h3-5,9H,6-8,13H2,1-2H3,(H,14,16,17). The third-order valence-electron chi connectivity index (χ3n) is 2.47. The van der Waals surface area contributed by atoms with Gasteiger partial charge >= 0.3 is 0 Å². The molecule has 5 nitrogen and oxygen atoms in total. The Hall–Kier alpha value is -1.27. The Balaban J connectivity index is 2.33. The zero-order chi connectivity index (χ0) is 13.5. The van der Waals surface area contributed by atoms with Crippen molar-refractivity contribution in [3.63, 3.8) is 0 Å². The first kappa shape index (κ1) is 14.8. The number of aromatic nitrogens is 1. The predicted molar refractivity (Wildman–Crippen MR) is 73.4 cm³/mol. The number of thioether (sulfide) groups is 1. The summed E-state index contributed by atoms with van der Waals surface area (Å²) in [4.78, 5) is 23.2. The highest BCUT2D eigenvalue weighted by Gasteiger charge is 2.12. The van der Waals surface area contributed by atoms with Crippen molar-refractivity contribution in [1.29, 1.82) is 0 Å². The first-order valence-corrected chi connectivity index (χ1v) is 6.93. The van der Waals surface area contributed by atoms with Gasteiger partial charge in [-0.1, -0.05) is 6.92 Å². The molecule has 0 aromatic carbocycles. The van der Waals surface area contributed by atoms with E-state index in [9.17, 15) is 9.59 Å². The minimum Gasteiger partial charge on any atom is -0.347 e. The van der Waals surface area contributed by atoms with E-state index in [-0.39, 0.29) is 17.6 Å². The zero-order valence-electron chi connectivity index (χ0n) is 10.7. The number of nitrogens with one attached hydrogen (secondary N) is 1. The van der Waals surface area contributed by atoms with Gasteiger partial charge < -0.3 is 10.3 Å². The number of nitrogens with two attached hydrogens (primary N) is 1. The molecule has 0 bridgehead atoms. The lowest BCUT2D eigenvalue weighted by Crippen LogP contribution is -2.33. The van der Waals surface area contributed by atoms with Gasteiger partial charge in [0.2, 0.25) is 5.91 Å². The van der Waals surface area contributed by atoms with Gasteiger partial charge in [-0.05, 0) is 30.3 Å². The number of rotatable bonds is 6. The summed E-state index contributed by atoms with van der Waals surface area (Å²) in [5.74, 6) is 0.852. The molecule has 0 aliphatic rings. The van der Waals surface area contributed by atoms with E-state index >= 15 is 0 Å². The molecular weight excluding hydrogens is 250 g/mol.